The van der Waals surface area contributed by atoms with Crippen LogP contribution >= 0.6 is 15.9 Å². The fourth-order valence-electron chi connectivity index (χ4n) is 1.69. The highest BCUT2D eigenvalue weighted by molar-refractivity contribution is 9.10. The molecule has 1 aliphatic heterocycles. The molecule has 0 aromatic carbocycles. The van der Waals surface area contributed by atoms with Crippen LogP contribution in [0.1, 0.15) is 16.9 Å². The zero-order valence-electron chi connectivity index (χ0n) is 8.76. The number of amides is 1. The predicted molar refractivity (Wildman–Crippen MR) is 63.8 cm³/mol. The van der Waals surface area contributed by atoms with Crippen LogP contribution in [0.3, 0.4) is 0 Å². The van der Waals surface area contributed by atoms with E-state index in [1.807, 2.05) is 0 Å². The van der Waals surface area contributed by atoms with E-state index in [0.29, 0.717) is 16.8 Å². The van der Waals surface area contributed by atoms with Crippen LogP contribution in [0, 0.1) is 0 Å². The van der Waals surface area contributed by atoms with Crippen LogP contribution < -0.4 is 10.6 Å². The highest BCUT2D eigenvalue weighted by atomic mass is 79.9. The molecule has 1 aromatic heterocycles. The second kappa shape index (κ2) is 4.42. The molecule has 0 spiro atoms. The number of aromatic carboxylic acids is 1. The van der Waals surface area contributed by atoms with E-state index in [4.69, 9.17) is 10.8 Å². The summed E-state index contributed by atoms with van der Waals surface area (Å²) in [5, 5.41) is 8.93. The number of carboxylic acid groups (broad SMARTS) is 1. The number of rotatable bonds is 2. The number of carboxylic acids is 1. The van der Waals surface area contributed by atoms with Crippen molar-refractivity contribution in [3.05, 3.63) is 22.3 Å². The van der Waals surface area contributed by atoms with E-state index in [1.165, 1.54) is 4.90 Å². The summed E-state index contributed by atoms with van der Waals surface area (Å²) < 4.78 is 0.379. The van der Waals surface area contributed by atoms with Crippen molar-refractivity contribution in [3.63, 3.8) is 0 Å². The van der Waals surface area contributed by atoms with Gasteiger partial charge in [-0.25, -0.2) is 9.78 Å². The summed E-state index contributed by atoms with van der Waals surface area (Å²) in [4.78, 5) is 27.9. The monoisotopic (exact) mass is 299 g/mol. The minimum atomic E-state index is -1.14. The van der Waals surface area contributed by atoms with Crippen molar-refractivity contribution >= 4 is 33.6 Å². The van der Waals surface area contributed by atoms with Crippen molar-refractivity contribution in [3.8, 4) is 0 Å². The van der Waals surface area contributed by atoms with Crippen molar-refractivity contribution in [1.29, 1.82) is 0 Å². The fourth-order valence-corrected chi connectivity index (χ4v) is 2.08. The van der Waals surface area contributed by atoms with Gasteiger partial charge in [0.1, 0.15) is 5.82 Å². The first-order valence-corrected chi connectivity index (χ1v) is 5.74. The van der Waals surface area contributed by atoms with Gasteiger partial charge in [-0.2, -0.15) is 0 Å². The van der Waals surface area contributed by atoms with Crippen LogP contribution in [0.25, 0.3) is 0 Å². The number of hydrogen-bond donors (Lipinski definition) is 2. The van der Waals surface area contributed by atoms with Crippen LogP contribution in [0.5, 0.6) is 0 Å². The molecule has 0 saturated carbocycles. The Morgan fingerprint density at radius 1 is 1.59 bits per heavy atom. The lowest BCUT2D eigenvalue weighted by molar-refractivity contribution is -0.117. The lowest BCUT2D eigenvalue weighted by atomic mass is 10.3. The highest BCUT2D eigenvalue weighted by Crippen LogP contribution is 2.23. The van der Waals surface area contributed by atoms with Gasteiger partial charge in [0.2, 0.25) is 5.91 Å². The second-order valence-electron chi connectivity index (χ2n) is 3.77. The molecular formula is C10H10BrN3O3. The number of nitrogens with zero attached hydrogens (tertiary/aromatic N) is 2. The van der Waals surface area contributed by atoms with Crippen molar-refractivity contribution in [2.75, 3.05) is 11.4 Å². The first-order chi connectivity index (χ1) is 7.99. The standard InChI is InChI=1S/C10H10BrN3O3/c11-6-1-2-7(13-9(6)10(16)17)14-4-5(12)3-8(14)15/h1-2,5H,3-4,12H2,(H,16,17). The summed E-state index contributed by atoms with van der Waals surface area (Å²) in [5.41, 5.74) is 5.55. The third-order valence-corrected chi connectivity index (χ3v) is 3.11. The molecule has 17 heavy (non-hydrogen) atoms. The number of carbonyl (C=O) groups is 2. The summed E-state index contributed by atoms with van der Waals surface area (Å²) in [6, 6.07) is 2.93. The molecule has 3 N–H and O–H groups in total. The molecule has 2 heterocycles. The minimum absolute atomic E-state index is 0.115. The topological polar surface area (TPSA) is 96.5 Å². The van der Waals surface area contributed by atoms with E-state index >= 15 is 0 Å². The van der Waals surface area contributed by atoms with Crippen molar-refractivity contribution in [2.24, 2.45) is 5.73 Å². The van der Waals surface area contributed by atoms with E-state index in [0.717, 1.165) is 0 Å². The largest absolute Gasteiger partial charge is 0.476 e. The van der Waals surface area contributed by atoms with Gasteiger partial charge in [-0.15, -0.1) is 0 Å². The molecule has 1 atom stereocenters. The molecule has 1 amide bonds. The van der Waals surface area contributed by atoms with Gasteiger partial charge < -0.3 is 10.8 Å². The Kier molecular flexibility index (Phi) is 3.12. The summed E-state index contributed by atoms with van der Waals surface area (Å²) >= 11 is 3.10. The number of pyridine rings is 1. The molecule has 1 aliphatic rings. The molecule has 6 nitrogen and oxygen atoms in total. The van der Waals surface area contributed by atoms with Crippen LogP contribution in [-0.4, -0.2) is 34.6 Å². The molecule has 1 aromatic rings. The molecular weight excluding hydrogens is 290 g/mol. The lowest BCUT2D eigenvalue weighted by Gasteiger charge is -2.15. The molecule has 0 aliphatic carbocycles. The molecule has 1 saturated heterocycles. The Morgan fingerprint density at radius 2 is 2.29 bits per heavy atom. The smallest absolute Gasteiger partial charge is 0.355 e. The SMILES string of the molecule is NC1CC(=O)N(c2ccc(Br)c(C(=O)O)n2)C1. The molecule has 1 unspecified atom stereocenters. The highest BCUT2D eigenvalue weighted by Gasteiger charge is 2.29. The number of hydrogen-bond acceptors (Lipinski definition) is 4. The van der Waals surface area contributed by atoms with Gasteiger partial charge in [0.05, 0.1) is 4.47 Å². The maximum atomic E-state index is 11.6. The van der Waals surface area contributed by atoms with Crippen LogP contribution in [0.2, 0.25) is 0 Å². The molecule has 1 fully saturated rings. The van der Waals surface area contributed by atoms with Gasteiger partial charge in [0.25, 0.3) is 0 Å². The Balaban J connectivity index is 2.37. The summed E-state index contributed by atoms with van der Waals surface area (Å²) in [6.07, 6.45) is 0.264. The number of aromatic nitrogens is 1. The normalized spacial score (nSPS) is 19.8. The first kappa shape index (κ1) is 12.0. The van der Waals surface area contributed by atoms with E-state index in [1.54, 1.807) is 12.1 Å². The van der Waals surface area contributed by atoms with Gasteiger partial charge in [-0.05, 0) is 28.1 Å². The number of anilines is 1. The quantitative estimate of drug-likeness (QED) is 0.834. The summed E-state index contributed by atoms with van der Waals surface area (Å²) in [7, 11) is 0. The number of halogens is 1. The fraction of sp³-hybridized carbons (Fsp3) is 0.300. The third-order valence-electron chi connectivity index (χ3n) is 2.47. The predicted octanol–water partition coefficient (Wildman–Crippen LogP) is 0.606. The van der Waals surface area contributed by atoms with Gasteiger partial charge in [0.15, 0.2) is 5.69 Å². The number of carbonyl (C=O) groups excluding carboxylic acids is 1. The summed E-state index contributed by atoms with van der Waals surface area (Å²) in [5.74, 6) is -0.957. The Bertz CT molecular complexity index is 492. The van der Waals surface area contributed by atoms with Crippen LogP contribution in [0.15, 0.2) is 16.6 Å². The molecule has 90 valence electrons. The zero-order chi connectivity index (χ0) is 12.6. The van der Waals surface area contributed by atoms with Crippen molar-refractivity contribution < 1.29 is 14.7 Å². The maximum absolute atomic E-state index is 11.6. The van der Waals surface area contributed by atoms with E-state index in [2.05, 4.69) is 20.9 Å². The molecule has 2 rings (SSSR count). The van der Waals surface area contributed by atoms with Gasteiger partial charge in [-0.3, -0.25) is 9.69 Å². The first-order valence-electron chi connectivity index (χ1n) is 4.95. The second-order valence-corrected chi connectivity index (χ2v) is 4.63. The molecule has 0 radical (unpaired) electrons. The van der Waals surface area contributed by atoms with E-state index in [-0.39, 0.29) is 24.1 Å². The van der Waals surface area contributed by atoms with Gasteiger partial charge in [-0.1, -0.05) is 0 Å². The maximum Gasteiger partial charge on any atom is 0.355 e. The molecule has 0 bridgehead atoms. The minimum Gasteiger partial charge on any atom is -0.476 e. The third kappa shape index (κ3) is 2.29. The van der Waals surface area contributed by atoms with Crippen LogP contribution in [-0.2, 0) is 4.79 Å². The van der Waals surface area contributed by atoms with E-state index < -0.39 is 5.97 Å². The number of nitrogens with two attached hydrogens (primary N) is 1. The Hall–Kier alpha value is -1.47. The Morgan fingerprint density at radius 3 is 2.82 bits per heavy atom. The average molecular weight is 300 g/mol. The van der Waals surface area contributed by atoms with Crippen molar-refractivity contribution in [2.45, 2.75) is 12.5 Å². The molecule has 7 heteroatoms. The Labute approximate surface area is 106 Å². The zero-order valence-corrected chi connectivity index (χ0v) is 10.3. The van der Waals surface area contributed by atoms with Gasteiger partial charge in [0, 0.05) is 19.0 Å². The van der Waals surface area contributed by atoms with Crippen LogP contribution in [0.4, 0.5) is 5.82 Å². The summed E-state index contributed by atoms with van der Waals surface area (Å²) in [6.45, 7) is 0.368. The lowest BCUT2D eigenvalue weighted by Crippen LogP contribution is -2.29. The van der Waals surface area contributed by atoms with E-state index in [9.17, 15) is 9.59 Å². The van der Waals surface area contributed by atoms with Gasteiger partial charge >= 0.3 is 5.97 Å². The van der Waals surface area contributed by atoms with Crippen molar-refractivity contribution in [1.82, 2.24) is 4.98 Å². The average Bonchev–Trinajstić information content (AvgIpc) is 2.58.